The summed E-state index contributed by atoms with van der Waals surface area (Å²) in [5, 5.41) is 3.41. The lowest BCUT2D eigenvalue weighted by molar-refractivity contribution is -0.140. The molecule has 1 atom stereocenters. The summed E-state index contributed by atoms with van der Waals surface area (Å²) in [6, 6.07) is 26.4. The van der Waals surface area contributed by atoms with E-state index in [1.54, 1.807) is 36.4 Å². The van der Waals surface area contributed by atoms with Crippen molar-refractivity contribution in [1.29, 1.82) is 0 Å². The second-order valence-corrected chi connectivity index (χ2v) is 13.6. The second kappa shape index (κ2) is 15.2. The molecule has 0 aliphatic carbocycles. The molecule has 0 spiro atoms. The molecule has 0 saturated carbocycles. The molecule has 1 N–H and O–H groups in total. The maximum Gasteiger partial charge on any atom is 0.264 e. The van der Waals surface area contributed by atoms with Crippen molar-refractivity contribution in [1.82, 2.24) is 10.2 Å². The van der Waals surface area contributed by atoms with Crippen LogP contribution in [0.3, 0.4) is 0 Å². The fraction of sp³-hybridized carbons (Fsp3) is 0.257. The monoisotopic (exact) mass is 649 g/mol. The zero-order valence-electron chi connectivity index (χ0n) is 25.5. The van der Waals surface area contributed by atoms with Crippen molar-refractivity contribution in [3.63, 3.8) is 0 Å². The van der Waals surface area contributed by atoms with Gasteiger partial charge in [-0.05, 0) is 72.5 Å². The van der Waals surface area contributed by atoms with E-state index in [1.807, 2.05) is 51.1 Å². The van der Waals surface area contributed by atoms with Gasteiger partial charge in [-0.2, -0.15) is 0 Å². The SMILES string of the molecule is Cc1ccc(S(=O)(=O)N(CC(=O)N(Cc2cccc(Cl)c2)C(Cc2ccccc2)C(=O)NCC(C)C)c2ccc(F)cc2)cc1. The Morgan fingerprint density at radius 3 is 2.13 bits per heavy atom. The Morgan fingerprint density at radius 2 is 1.51 bits per heavy atom. The third kappa shape index (κ3) is 9.15. The molecule has 1 unspecified atom stereocenters. The first kappa shape index (κ1) is 33.7. The van der Waals surface area contributed by atoms with Crippen molar-refractivity contribution in [3.05, 3.63) is 131 Å². The Morgan fingerprint density at radius 1 is 0.867 bits per heavy atom. The molecule has 0 aliphatic rings. The minimum absolute atomic E-state index is 0.00612. The number of nitrogens with one attached hydrogen (secondary N) is 1. The fourth-order valence-electron chi connectivity index (χ4n) is 4.78. The summed E-state index contributed by atoms with van der Waals surface area (Å²) in [7, 11) is -4.28. The van der Waals surface area contributed by atoms with Gasteiger partial charge in [0.25, 0.3) is 10.0 Å². The summed E-state index contributed by atoms with van der Waals surface area (Å²) >= 11 is 6.28. The number of hydrogen-bond donors (Lipinski definition) is 1. The van der Waals surface area contributed by atoms with Crippen molar-refractivity contribution < 1.29 is 22.4 Å². The van der Waals surface area contributed by atoms with Gasteiger partial charge in [-0.3, -0.25) is 13.9 Å². The molecule has 4 aromatic carbocycles. The van der Waals surface area contributed by atoms with E-state index in [1.165, 1.54) is 29.2 Å². The Labute approximate surface area is 269 Å². The van der Waals surface area contributed by atoms with Crippen LogP contribution in [0.5, 0.6) is 0 Å². The van der Waals surface area contributed by atoms with Crippen molar-refractivity contribution in [2.45, 2.75) is 44.7 Å². The van der Waals surface area contributed by atoms with Crippen molar-refractivity contribution >= 4 is 39.1 Å². The van der Waals surface area contributed by atoms with Crippen LogP contribution in [0.4, 0.5) is 10.1 Å². The highest BCUT2D eigenvalue weighted by molar-refractivity contribution is 7.92. The number of rotatable bonds is 13. The first-order valence-electron chi connectivity index (χ1n) is 14.6. The van der Waals surface area contributed by atoms with Gasteiger partial charge in [0.15, 0.2) is 0 Å². The first-order valence-corrected chi connectivity index (χ1v) is 16.5. The van der Waals surface area contributed by atoms with E-state index in [0.29, 0.717) is 17.1 Å². The molecule has 0 heterocycles. The van der Waals surface area contributed by atoms with E-state index >= 15 is 0 Å². The largest absolute Gasteiger partial charge is 0.354 e. The Kier molecular flexibility index (Phi) is 11.4. The lowest BCUT2D eigenvalue weighted by Crippen LogP contribution is -2.53. The van der Waals surface area contributed by atoms with Crippen LogP contribution in [-0.2, 0) is 32.6 Å². The number of aryl methyl sites for hydroxylation is 1. The smallest absolute Gasteiger partial charge is 0.264 e. The van der Waals surface area contributed by atoms with Gasteiger partial charge in [-0.1, -0.05) is 85.6 Å². The highest BCUT2D eigenvalue weighted by atomic mass is 35.5. The van der Waals surface area contributed by atoms with E-state index in [0.717, 1.165) is 27.6 Å². The summed E-state index contributed by atoms with van der Waals surface area (Å²) < 4.78 is 42.9. The first-order chi connectivity index (χ1) is 21.4. The molecule has 2 amide bonds. The number of benzene rings is 4. The Hall–Kier alpha value is -4.21. The summed E-state index contributed by atoms with van der Waals surface area (Å²) in [5.74, 6) is -1.37. The number of nitrogens with zero attached hydrogens (tertiary/aromatic N) is 2. The Balaban J connectivity index is 1.79. The van der Waals surface area contributed by atoms with Crippen LogP contribution in [0.15, 0.2) is 108 Å². The van der Waals surface area contributed by atoms with Gasteiger partial charge < -0.3 is 10.2 Å². The maximum atomic E-state index is 14.4. The van der Waals surface area contributed by atoms with Crippen LogP contribution in [-0.4, -0.2) is 44.3 Å². The molecule has 45 heavy (non-hydrogen) atoms. The molecule has 4 rings (SSSR count). The summed E-state index contributed by atoms with van der Waals surface area (Å²) in [6.07, 6.45) is 0.193. The number of carbonyl (C=O) groups is 2. The van der Waals surface area contributed by atoms with Gasteiger partial charge in [0, 0.05) is 24.5 Å². The molecule has 10 heteroatoms. The predicted molar refractivity (Wildman–Crippen MR) is 176 cm³/mol. The third-order valence-electron chi connectivity index (χ3n) is 7.20. The molecule has 4 aromatic rings. The minimum Gasteiger partial charge on any atom is -0.354 e. The number of sulfonamides is 1. The van der Waals surface area contributed by atoms with Gasteiger partial charge in [0.2, 0.25) is 11.8 Å². The minimum atomic E-state index is -4.28. The highest BCUT2D eigenvalue weighted by Gasteiger charge is 2.34. The van der Waals surface area contributed by atoms with Crippen LogP contribution in [0.1, 0.15) is 30.5 Å². The van der Waals surface area contributed by atoms with Crippen molar-refractivity contribution in [3.8, 4) is 0 Å². The summed E-state index contributed by atoms with van der Waals surface area (Å²) in [4.78, 5) is 29.6. The van der Waals surface area contributed by atoms with E-state index in [4.69, 9.17) is 11.6 Å². The van der Waals surface area contributed by atoms with Gasteiger partial charge in [-0.25, -0.2) is 12.8 Å². The average molecular weight is 650 g/mol. The molecule has 236 valence electrons. The molecule has 0 aliphatic heterocycles. The van der Waals surface area contributed by atoms with E-state index in [-0.39, 0.29) is 35.4 Å². The predicted octanol–water partition coefficient (Wildman–Crippen LogP) is 6.40. The van der Waals surface area contributed by atoms with Crippen LogP contribution in [0.25, 0.3) is 0 Å². The van der Waals surface area contributed by atoms with Crippen LogP contribution < -0.4 is 9.62 Å². The molecular weight excluding hydrogens is 613 g/mol. The van der Waals surface area contributed by atoms with Crippen LogP contribution in [0.2, 0.25) is 5.02 Å². The van der Waals surface area contributed by atoms with Crippen LogP contribution >= 0.6 is 11.6 Å². The number of hydrogen-bond acceptors (Lipinski definition) is 4. The molecule has 0 aromatic heterocycles. The van der Waals surface area contributed by atoms with Gasteiger partial charge in [-0.15, -0.1) is 0 Å². The average Bonchev–Trinajstić information content (AvgIpc) is 3.01. The normalized spacial score (nSPS) is 12.0. The van der Waals surface area contributed by atoms with Gasteiger partial charge >= 0.3 is 0 Å². The number of anilines is 1. The number of amides is 2. The third-order valence-corrected chi connectivity index (χ3v) is 9.22. The van der Waals surface area contributed by atoms with E-state index in [9.17, 15) is 22.4 Å². The van der Waals surface area contributed by atoms with Crippen LogP contribution in [0, 0.1) is 18.7 Å². The molecule has 0 radical (unpaired) electrons. The molecule has 7 nitrogen and oxygen atoms in total. The topological polar surface area (TPSA) is 86.8 Å². The lowest BCUT2D eigenvalue weighted by atomic mass is 10.0. The Bertz CT molecular complexity index is 1700. The highest BCUT2D eigenvalue weighted by Crippen LogP contribution is 2.26. The van der Waals surface area contributed by atoms with Gasteiger partial charge in [0.1, 0.15) is 18.4 Å². The fourth-order valence-corrected chi connectivity index (χ4v) is 6.41. The van der Waals surface area contributed by atoms with E-state index in [2.05, 4.69) is 5.32 Å². The standard InChI is InChI=1S/C35H37ClFN3O4S/c1-25(2)22-38-35(42)33(21-27-8-5-4-6-9-27)39(23-28-10-7-11-29(36)20-28)34(41)24-40(31-16-14-30(37)15-17-31)45(43,44)32-18-12-26(3)13-19-32/h4-20,25,33H,21-24H2,1-3H3,(H,38,42). The molecule has 0 bridgehead atoms. The second-order valence-electron chi connectivity index (χ2n) is 11.3. The lowest BCUT2D eigenvalue weighted by Gasteiger charge is -2.34. The maximum absolute atomic E-state index is 14.4. The number of carbonyl (C=O) groups excluding carboxylic acids is 2. The van der Waals surface area contributed by atoms with E-state index < -0.39 is 34.3 Å². The quantitative estimate of drug-likeness (QED) is 0.182. The summed E-state index contributed by atoms with van der Waals surface area (Å²) in [6.45, 7) is 5.53. The zero-order valence-corrected chi connectivity index (χ0v) is 27.1. The molecular formula is C35H37ClFN3O4S. The zero-order chi connectivity index (χ0) is 32.6. The van der Waals surface area contributed by atoms with Crippen molar-refractivity contribution in [2.24, 2.45) is 5.92 Å². The van der Waals surface area contributed by atoms with Gasteiger partial charge in [0.05, 0.1) is 10.6 Å². The van der Waals surface area contributed by atoms with Crippen molar-refractivity contribution in [2.75, 3.05) is 17.4 Å². The summed E-state index contributed by atoms with van der Waals surface area (Å²) in [5.41, 5.74) is 2.47. The molecule has 0 saturated heterocycles. The molecule has 0 fully saturated rings. The number of halogens is 2.